The Kier molecular flexibility index (Phi) is 7.64. The van der Waals surface area contributed by atoms with Gasteiger partial charge in [-0.25, -0.2) is 14.4 Å². The van der Waals surface area contributed by atoms with Gasteiger partial charge in [0.2, 0.25) is 5.91 Å². The lowest BCUT2D eigenvalue weighted by atomic mass is 9.85. The fourth-order valence-electron chi connectivity index (χ4n) is 4.81. The number of nitrogens with one attached hydrogen (secondary N) is 3. The van der Waals surface area contributed by atoms with E-state index < -0.39 is 5.82 Å². The molecule has 0 spiro atoms. The summed E-state index contributed by atoms with van der Waals surface area (Å²) in [6, 6.07) is 4.36. The molecule has 0 bridgehead atoms. The average molecular weight is 510 g/mol. The summed E-state index contributed by atoms with van der Waals surface area (Å²) in [5.74, 6) is 0.457. The van der Waals surface area contributed by atoms with Crippen molar-refractivity contribution in [3.8, 4) is 17.0 Å². The van der Waals surface area contributed by atoms with Crippen LogP contribution < -0.4 is 15.4 Å². The molecule has 0 atom stereocenters. The zero-order valence-electron chi connectivity index (χ0n) is 20.9. The van der Waals surface area contributed by atoms with Crippen LogP contribution in [-0.4, -0.2) is 59.7 Å². The maximum Gasteiger partial charge on any atom is 0.255 e. The van der Waals surface area contributed by atoms with E-state index in [1.807, 2.05) is 0 Å². The number of carbonyl (C=O) groups is 2. The third-order valence-corrected chi connectivity index (χ3v) is 7.11. The molecule has 0 unspecified atom stereocenters. The van der Waals surface area contributed by atoms with Crippen molar-refractivity contribution < 1.29 is 23.5 Å². The second-order valence-corrected chi connectivity index (χ2v) is 9.85. The van der Waals surface area contributed by atoms with Gasteiger partial charge in [0.05, 0.1) is 24.3 Å². The Morgan fingerprint density at radius 1 is 1.14 bits per heavy atom. The van der Waals surface area contributed by atoms with Crippen molar-refractivity contribution in [1.82, 2.24) is 25.6 Å². The molecule has 2 aliphatic carbocycles. The van der Waals surface area contributed by atoms with Gasteiger partial charge in [0.1, 0.15) is 29.1 Å². The maximum atomic E-state index is 14.2. The summed E-state index contributed by atoms with van der Waals surface area (Å²) in [4.78, 5) is 37.3. The fraction of sp³-hybridized carbons (Fsp3) is 0.481. The molecule has 3 N–H and O–H groups in total. The van der Waals surface area contributed by atoms with Gasteiger partial charge < -0.3 is 25.1 Å². The third kappa shape index (κ3) is 5.90. The van der Waals surface area contributed by atoms with Gasteiger partial charge in [-0.05, 0) is 62.6 Å². The molecule has 3 aromatic rings. The normalized spacial score (nSPS) is 19.5. The van der Waals surface area contributed by atoms with Crippen molar-refractivity contribution in [3.05, 3.63) is 42.1 Å². The zero-order chi connectivity index (χ0) is 25.8. The third-order valence-electron chi connectivity index (χ3n) is 7.11. The number of aromatic nitrogens is 3. The summed E-state index contributed by atoms with van der Waals surface area (Å²) >= 11 is 0. The first-order valence-electron chi connectivity index (χ1n) is 12.9. The molecule has 2 heterocycles. The largest absolute Gasteiger partial charge is 0.493 e. The number of hydrogen-bond acceptors (Lipinski definition) is 6. The number of amides is 2. The number of benzene rings is 1. The maximum absolute atomic E-state index is 14.2. The van der Waals surface area contributed by atoms with Gasteiger partial charge in [-0.15, -0.1) is 0 Å². The van der Waals surface area contributed by atoms with Crippen molar-refractivity contribution in [1.29, 1.82) is 0 Å². The minimum atomic E-state index is -0.395. The van der Waals surface area contributed by atoms with Gasteiger partial charge in [-0.3, -0.25) is 9.59 Å². The summed E-state index contributed by atoms with van der Waals surface area (Å²) in [5.41, 5.74) is 2.41. The minimum absolute atomic E-state index is 0.0209. The Morgan fingerprint density at radius 2 is 1.95 bits per heavy atom. The van der Waals surface area contributed by atoms with Crippen LogP contribution in [0, 0.1) is 17.7 Å². The van der Waals surface area contributed by atoms with Gasteiger partial charge >= 0.3 is 0 Å². The van der Waals surface area contributed by atoms with Gasteiger partial charge in [-0.2, -0.15) is 0 Å². The quantitative estimate of drug-likeness (QED) is 0.360. The van der Waals surface area contributed by atoms with Gasteiger partial charge in [0.15, 0.2) is 0 Å². The lowest BCUT2D eigenvalue weighted by Gasteiger charge is -2.28. The van der Waals surface area contributed by atoms with Crippen molar-refractivity contribution in [2.45, 2.75) is 44.6 Å². The summed E-state index contributed by atoms with van der Waals surface area (Å²) in [6.45, 7) is 1.57. The summed E-state index contributed by atoms with van der Waals surface area (Å²) in [5, 5.41) is 5.98. The Hall–Kier alpha value is -3.53. The van der Waals surface area contributed by atoms with Crippen LogP contribution in [0.3, 0.4) is 0 Å². The van der Waals surface area contributed by atoms with Gasteiger partial charge in [0, 0.05) is 37.4 Å². The van der Waals surface area contributed by atoms with Crippen LogP contribution in [0.5, 0.6) is 5.75 Å². The highest BCUT2D eigenvalue weighted by atomic mass is 19.1. The topological polar surface area (TPSA) is 118 Å². The van der Waals surface area contributed by atoms with Crippen LogP contribution in [0.25, 0.3) is 22.3 Å². The number of nitrogens with zero attached hydrogens (tertiary/aromatic N) is 2. The van der Waals surface area contributed by atoms with E-state index in [2.05, 4.69) is 25.6 Å². The van der Waals surface area contributed by atoms with Crippen LogP contribution >= 0.6 is 0 Å². The lowest BCUT2D eigenvalue weighted by molar-refractivity contribution is -0.126. The lowest BCUT2D eigenvalue weighted by Crippen LogP contribution is -2.41. The number of carbonyl (C=O) groups excluding carboxylic acids is 2. The smallest absolute Gasteiger partial charge is 0.255 e. The number of fused-ring (bicyclic) bond motifs is 1. The molecule has 2 saturated carbocycles. The predicted molar refractivity (Wildman–Crippen MR) is 136 cm³/mol. The molecule has 1 aromatic carbocycles. The molecule has 2 amide bonds. The monoisotopic (exact) mass is 509 g/mol. The van der Waals surface area contributed by atoms with E-state index in [1.165, 1.54) is 18.5 Å². The van der Waals surface area contributed by atoms with E-state index in [-0.39, 0.29) is 23.8 Å². The number of hydrogen-bond donors (Lipinski definition) is 3. The number of ether oxygens (including phenoxy) is 2. The van der Waals surface area contributed by atoms with E-state index >= 15 is 0 Å². The Morgan fingerprint density at radius 3 is 2.70 bits per heavy atom. The Bertz CT molecular complexity index is 1270. The Labute approximate surface area is 214 Å². The molecule has 0 aliphatic heterocycles. The number of halogens is 1. The Balaban J connectivity index is 1.28. The molecule has 10 heteroatoms. The van der Waals surface area contributed by atoms with Crippen LogP contribution in [-0.2, 0) is 9.53 Å². The first-order valence-corrected chi connectivity index (χ1v) is 12.9. The van der Waals surface area contributed by atoms with E-state index in [9.17, 15) is 14.0 Å². The molecule has 2 fully saturated rings. The average Bonchev–Trinajstić information content (AvgIpc) is 3.64. The van der Waals surface area contributed by atoms with Gasteiger partial charge in [0.25, 0.3) is 5.91 Å². The first-order chi connectivity index (χ1) is 18.0. The molecule has 2 aromatic heterocycles. The summed E-state index contributed by atoms with van der Waals surface area (Å²) in [7, 11) is 1.60. The SMILES string of the molecule is COCCNC(=O)C1CCC(NC(=O)c2c[nH]c3c(-c4cc(F)ccc4OCC4CC4)ncnc23)CC1. The number of aromatic amines is 1. The number of methoxy groups -OCH3 is 1. The van der Waals surface area contributed by atoms with E-state index in [0.29, 0.717) is 72.1 Å². The molecular weight excluding hydrogens is 477 g/mol. The van der Waals surface area contributed by atoms with Crippen molar-refractivity contribution in [2.24, 2.45) is 11.8 Å². The second-order valence-electron chi connectivity index (χ2n) is 9.85. The first kappa shape index (κ1) is 25.1. The zero-order valence-corrected chi connectivity index (χ0v) is 20.9. The van der Waals surface area contributed by atoms with E-state index in [0.717, 1.165) is 25.7 Å². The number of rotatable bonds is 10. The molecule has 2 aliphatic rings. The van der Waals surface area contributed by atoms with Gasteiger partial charge in [-0.1, -0.05) is 0 Å². The number of H-pyrrole nitrogens is 1. The molecule has 0 saturated heterocycles. The molecule has 9 nitrogen and oxygen atoms in total. The van der Waals surface area contributed by atoms with Crippen LogP contribution in [0.4, 0.5) is 4.39 Å². The minimum Gasteiger partial charge on any atom is -0.493 e. The summed E-state index contributed by atoms with van der Waals surface area (Å²) in [6.07, 6.45) is 8.16. The van der Waals surface area contributed by atoms with E-state index in [1.54, 1.807) is 19.4 Å². The second kappa shape index (κ2) is 11.2. The highest BCUT2D eigenvalue weighted by Crippen LogP contribution is 2.36. The molecule has 0 radical (unpaired) electrons. The van der Waals surface area contributed by atoms with Crippen molar-refractivity contribution in [3.63, 3.8) is 0 Å². The fourth-order valence-corrected chi connectivity index (χ4v) is 4.81. The molecular formula is C27H32FN5O4. The van der Waals surface area contributed by atoms with Crippen molar-refractivity contribution >= 4 is 22.8 Å². The highest BCUT2D eigenvalue weighted by molar-refractivity contribution is 6.07. The molecule has 196 valence electrons. The standard InChI is InChI=1S/C27H32FN5O4/c1-36-11-10-29-26(34)17-4-7-19(8-5-17)33-27(35)21-13-30-25-23(31-15-32-24(21)25)20-12-18(28)6-9-22(20)37-14-16-2-3-16/h6,9,12-13,15-17,19,30H,2-5,7-8,10-11,14H2,1H3,(H,29,34)(H,33,35). The van der Waals surface area contributed by atoms with E-state index in [4.69, 9.17) is 9.47 Å². The summed E-state index contributed by atoms with van der Waals surface area (Å²) < 4.78 is 25.1. The van der Waals surface area contributed by atoms with Crippen molar-refractivity contribution in [2.75, 3.05) is 26.9 Å². The van der Waals surface area contributed by atoms with Crippen LogP contribution in [0.15, 0.2) is 30.7 Å². The highest BCUT2D eigenvalue weighted by Gasteiger charge is 2.28. The molecule has 37 heavy (non-hydrogen) atoms. The van der Waals surface area contributed by atoms with Crippen LogP contribution in [0.2, 0.25) is 0 Å². The predicted octanol–water partition coefficient (Wildman–Crippen LogP) is 3.60. The molecule has 5 rings (SSSR count). The van der Waals surface area contributed by atoms with Crippen LogP contribution in [0.1, 0.15) is 48.9 Å².